The molecule has 0 radical (unpaired) electrons. The number of hydrogen-bond donors (Lipinski definition) is 1. The van der Waals surface area contributed by atoms with E-state index in [0.29, 0.717) is 0 Å². The van der Waals surface area contributed by atoms with Crippen molar-refractivity contribution in [2.45, 2.75) is 19.3 Å². The van der Waals surface area contributed by atoms with E-state index in [4.69, 9.17) is 9.84 Å². The Balaban J connectivity index is 2.43. The van der Waals surface area contributed by atoms with Gasteiger partial charge in [-0.1, -0.05) is 6.07 Å². The van der Waals surface area contributed by atoms with Crippen LogP contribution in [-0.4, -0.2) is 18.2 Å². The second-order valence-electron chi connectivity index (χ2n) is 3.88. The average molecular weight is 218 g/mol. The molecule has 0 aromatic heterocycles. The van der Waals surface area contributed by atoms with Gasteiger partial charge in [0.05, 0.1) is 7.11 Å². The number of benzene rings is 1. The van der Waals surface area contributed by atoms with Crippen molar-refractivity contribution in [3.63, 3.8) is 0 Å². The number of ether oxygens (including phenoxy) is 1. The second kappa shape index (κ2) is 4.39. The van der Waals surface area contributed by atoms with Crippen LogP contribution < -0.4 is 4.74 Å². The molecule has 1 aromatic rings. The first-order valence-corrected chi connectivity index (χ1v) is 5.31. The summed E-state index contributed by atoms with van der Waals surface area (Å²) in [4.78, 5) is 10.7. The summed E-state index contributed by atoms with van der Waals surface area (Å²) in [6.07, 6.45) is 4.14. The van der Waals surface area contributed by atoms with Gasteiger partial charge >= 0.3 is 5.97 Å². The molecule has 0 fully saturated rings. The van der Waals surface area contributed by atoms with Crippen LogP contribution in [0.25, 0.3) is 5.57 Å². The van der Waals surface area contributed by atoms with Crippen molar-refractivity contribution >= 4 is 11.5 Å². The summed E-state index contributed by atoms with van der Waals surface area (Å²) in [5.74, 6) is -0.0472. The standard InChI is InChI=1S/C13H14O3/c1-16-11-5-6-12-9(7-11)3-2-4-10(12)8-13(14)15/h5-8H,2-4H2,1H3,(H,14,15)/b10-8+. The van der Waals surface area contributed by atoms with Crippen LogP contribution in [0.2, 0.25) is 0 Å². The van der Waals surface area contributed by atoms with Crippen LogP contribution in [0.5, 0.6) is 5.75 Å². The summed E-state index contributed by atoms with van der Waals surface area (Å²) in [5.41, 5.74) is 3.14. The van der Waals surface area contributed by atoms with Gasteiger partial charge in [0.2, 0.25) is 0 Å². The Morgan fingerprint density at radius 3 is 2.94 bits per heavy atom. The van der Waals surface area contributed by atoms with Crippen molar-refractivity contribution in [3.8, 4) is 5.75 Å². The van der Waals surface area contributed by atoms with Crippen molar-refractivity contribution < 1.29 is 14.6 Å². The number of rotatable bonds is 2. The number of hydrogen-bond acceptors (Lipinski definition) is 2. The molecule has 1 aromatic carbocycles. The Hall–Kier alpha value is -1.77. The highest BCUT2D eigenvalue weighted by molar-refractivity contribution is 5.91. The third-order valence-electron chi connectivity index (χ3n) is 2.85. The Morgan fingerprint density at radius 1 is 1.44 bits per heavy atom. The number of fused-ring (bicyclic) bond motifs is 1. The fourth-order valence-corrected chi connectivity index (χ4v) is 2.12. The molecule has 0 unspecified atom stereocenters. The summed E-state index contributed by atoms with van der Waals surface area (Å²) in [5, 5.41) is 8.79. The lowest BCUT2D eigenvalue weighted by atomic mass is 9.87. The van der Waals surface area contributed by atoms with E-state index in [0.717, 1.165) is 36.1 Å². The van der Waals surface area contributed by atoms with Crippen LogP contribution in [0.1, 0.15) is 24.0 Å². The number of aliphatic carboxylic acids is 1. The van der Waals surface area contributed by atoms with Crippen molar-refractivity contribution in [3.05, 3.63) is 35.4 Å². The van der Waals surface area contributed by atoms with Crippen LogP contribution in [0.4, 0.5) is 0 Å². The predicted molar refractivity (Wildman–Crippen MR) is 61.5 cm³/mol. The first kappa shape index (κ1) is 10.7. The first-order chi connectivity index (χ1) is 7.70. The molecular weight excluding hydrogens is 204 g/mol. The van der Waals surface area contributed by atoms with Gasteiger partial charge in [-0.25, -0.2) is 4.79 Å². The average Bonchev–Trinajstić information content (AvgIpc) is 2.28. The molecule has 3 heteroatoms. The summed E-state index contributed by atoms with van der Waals surface area (Å²) in [7, 11) is 1.64. The van der Waals surface area contributed by atoms with E-state index in [1.807, 2.05) is 18.2 Å². The molecular formula is C13H14O3. The zero-order valence-corrected chi connectivity index (χ0v) is 9.19. The summed E-state index contributed by atoms with van der Waals surface area (Å²) >= 11 is 0. The van der Waals surface area contributed by atoms with Crippen LogP contribution >= 0.6 is 0 Å². The van der Waals surface area contributed by atoms with Crippen LogP contribution in [-0.2, 0) is 11.2 Å². The Kier molecular flexibility index (Phi) is 2.95. The quantitative estimate of drug-likeness (QED) is 0.776. The Morgan fingerprint density at radius 2 is 2.25 bits per heavy atom. The van der Waals surface area contributed by atoms with Gasteiger partial charge in [-0.15, -0.1) is 0 Å². The molecule has 2 rings (SSSR count). The van der Waals surface area contributed by atoms with Crippen LogP contribution in [0, 0.1) is 0 Å². The molecule has 0 saturated heterocycles. The third kappa shape index (κ3) is 2.08. The third-order valence-corrected chi connectivity index (χ3v) is 2.85. The van der Waals surface area contributed by atoms with Crippen molar-refractivity contribution in [1.29, 1.82) is 0 Å². The summed E-state index contributed by atoms with van der Waals surface area (Å²) in [6, 6.07) is 5.81. The second-order valence-corrected chi connectivity index (χ2v) is 3.88. The van der Waals surface area contributed by atoms with Crippen LogP contribution in [0.15, 0.2) is 24.3 Å². The van der Waals surface area contributed by atoms with Gasteiger partial charge in [0, 0.05) is 6.08 Å². The lowest BCUT2D eigenvalue weighted by Gasteiger charge is -2.19. The lowest BCUT2D eigenvalue weighted by Crippen LogP contribution is -2.04. The number of aryl methyl sites for hydroxylation is 1. The van der Waals surface area contributed by atoms with E-state index >= 15 is 0 Å². The Bertz CT molecular complexity index is 446. The zero-order valence-electron chi connectivity index (χ0n) is 9.19. The van der Waals surface area contributed by atoms with E-state index in [-0.39, 0.29) is 0 Å². The molecule has 1 aliphatic carbocycles. The maximum atomic E-state index is 10.7. The molecule has 3 nitrogen and oxygen atoms in total. The smallest absolute Gasteiger partial charge is 0.328 e. The van der Waals surface area contributed by atoms with Gasteiger partial charge in [0.25, 0.3) is 0 Å². The molecule has 0 amide bonds. The Labute approximate surface area is 94.4 Å². The molecule has 0 aliphatic heterocycles. The van der Waals surface area contributed by atoms with E-state index in [1.165, 1.54) is 11.6 Å². The topological polar surface area (TPSA) is 46.5 Å². The van der Waals surface area contributed by atoms with Crippen molar-refractivity contribution in [2.24, 2.45) is 0 Å². The first-order valence-electron chi connectivity index (χ1n) is 5.31. The monoisotopic (exact) mass is 218 g/mol. The largest absolute Gasteiger partial charge is 0.497 e. The number of carboxylic acids is 1. The maximum absolute atomic E-state index is 10.7. The number of carboxylic acid groups (broad SMARTS) is 1. The highest BCUT2D eigenvalue weighted by atomic mass is 16.5. The minimum atomic E-state index is -0.876. The number of methoxy groups -OCH3 is 1. The highest BCUT2D eigenvalue weighted by Gasteiger charge is 2.15. The minimum absolute atomic E-state index is 0.829. The molecule has 84 valence electrons. The molecule has 0 heterocycles. The number of allylic oxidation sites excluding steroid dienone is 1. The van der Waals surface area contributed by atoms with Crippen molar-refractivity contribution in [1.82, 2.24) is 0 Å². The normalized spacial score (nSPS) is 16.9. The maximum Gasteiger partial charge on any atom is 0.328 e. The van der Waals surface area contributed by atoms with E-state index in [1.54, 1.807) is 7.11 Å². The molecule has 0 saturated carbocycles. The lowest BCUT2D eigenvalue weighted by molar-refractivity contribution is -0.131. The SMILES string of the molecule is COc1ccc2c(c1)CCC/C2=C\C(=O)O. The van der Waals surface area contributed by atoms with Gasteiger partial charge in [-0.2, -0.15) is 0 Å². The summed E-state index contributed by atoms with van der Waals surface area (Å²) in [6.45, 7) is 0. The highest BCUT2D eigenvalue weighted by Crippen LogP contribution is 2.32. The fraction of sp³-hybridized carbons (Fsp3) is 0.308. The van der Waals surface area contributed by atoms with Gasteiger partial charge in [0.1, 0.15) is 5.75 Å². The zero-order chi connectivity index (χ0) is 11.5. The van der Waals surface area contributed by atoms with Crippen LogP contribution in [0.3, 0.4) is 0 Å². The van der Waals surface area contributed by atoms with Gasteiger partial charge in [-0.3, -0.25) is 0 Å². The minimum Gasteiger partial charge on any atom is -0.497 e. The van der Waals surface area contributed by atoms with E-state index < -0.39 is 5.97 Å². The summed E-state index contributed by atoms with van der Waals surface area (Å²) < 4.78 is 5.16. The molecule has 0 atom stereocenters. The van der Waals surface area contributed by atoms with Gasteiger partial charge < -0.3 is 9.84 Å². The van der Waals surface area contributed by atoms with Gasteiger partial charge in [0.15, 0.2) is 0 Å². The van der Waals surface area contributed by atoms with Gasteiger partial charge in [-0.05, 0) is 48.1 Å². The van der Waals surface area contributed by atoms with E-state index in [9.17, 15) is 4.79 Å². The predicted octanol–water partition coefficient (Wildman–Crippen LogP) is 2.50. The van der Waals surface area contributed by atoms with Crippen molar-refractivity contribution in [2.75, 3.05) is 7.11 Å². The number of carbonyl (C=O) groups is 1. The molecule has 16 heavy (non-hydrogen) atoms. The molecule has 0 bridgehead atoms. The molecule has 0 spiro atoms. The molecule has 1 N–H and O–H groups in total. The van der Waals surface area contributed by atoms with E-state index in [2.05, 4.69) is 0 Å². The fourth-order valence-electron chi connectivity index (χ4n) is 2.12. The molecule has 1 aliphatic rings.